The van der Waals surface area contributed by atoms with Gasteiger partial charge in [-0.15, -0.1) is 0 Å². The molecule has 2 atom stereocenters. The van der Waals surface area contributed by atoms with Crippen LogP contribution in [0.2, 0.25) is 0 Å². The van der Waals surface area contributed by atoms with E-state index >= 15 is 0 Å². The average Bonchev–Trinajstić information content (AvgIpc) is 2.46. The fourth-order valence-electron chi connectivity index (χ4n) is 2.26. The zero-order valence-electron chi connectivity index (χ0n) is 11.3. The van der Waals surface area contributed by atoms with Gasteiger partial charge >= 0.3 is 0 Å². The second kappa shape index (κ2) is 6.17. The van der Waals surface area contributed by atoms with Crippen LogP contribution in [0.15, 0.2) is 30.8 Å². The van der Waals surface area contributed by atoms with Crippen LogP contribution in [-0.2, 0) is 9.47 Å². The van der Waals surface area contributed by atoms with E-state index in [1.807, 2.05) is 18.2 Å². The summed E-state index contributed by atoms with van der Waals surface area (Å²) >= 11 is 0. The maximum atomic E-state index is 5.98. The van der Waals surface area contributed by atoms with Gasteiger partial charge in [-0.3, -0.25) is 0 Å². The highest BCUT2D eigenvalue weighted by Gasteiger charge is 2.28. The predicted octanol–water partition coefficient (Wildman–Crippen LogP) is 4.32. The number of ether oxygens (including phenoxy) is 2. The van der Waals surface area contributed by atoms with Crippen LogP contribution < -0.4 is 0 Å². The van der Waals surface area contributed by atoms with E-state index in [1.165, 1.54) is 0 Å². The van der Waals surface area contributed by atoms with E-state index in [0.29, 0.717) is 12.2 Å². The van der Waals surface area contributed by atoms with Crippen molar-refractivity contribution in [1.29, 1.82) is 0 Å². The summed E-state index contributed by atoms with van der Waals surface area (Å²) in [5.74, 6) is 0. The molecule has 1 saturated heterocycles. The van der Waals surface area contributed by atoms with Gasteiger partial charge in [0.1, 0.15) is 0 Å². The number of rotatable bonds is 4. The number of benzene rings is 1. The minimum atomic E-state index is -0.215. The molecule has 0 aromatic heterocycles. The van der Waals surface area contributed by atoms with Gasteiger partial charge in [-0.2, -0.15) is 0 Å². The third-order valence-corrected chi connectivity index (χ3v) is 3.51. The molecule has 2 rings (SSSR count). The summed E-state index contributed by atoms with van der Waals surface area (Å²) in [6, 6.07) is 8.22. The first kappa shape index (κ1) is 13.3. The molecule has 1 aliphatic heterocycles. The molecule has 0 radical (unpaired) electrons. The van der Waals surface area contributed by atoms with Crippen molar-refractivity contribution in [3.8, 4) is 0 Å². The topological polar surface area (TPSA) is 18.5 Å². The second-order valence-electron chi connectivity index (χ2n) is 4.77. The van der Waals surface area contributed by atoms with Crippen LogP contribution in [0.25, 0.3) is 6.08 Å². The van der Waals surface area contributed by atoms with Crippen molar-refractivity contribution in [1.82, 2.24) is 0 Å². The van der Waals surface area contributed by atoms with Crippen molar-refractivity contribution in [2.24, 2.45) is 0 Å². The Kier molecular flexibility index (Phi) is 4.56. The van der Waals surface area contributed by atoms with Crippen LogP contribution >= 0.6 is 0 Å². The lowest BCUT2D eigenvalue weighted by molar-refractivity contribution is -0.248. The Morgan fingerprint density at radius 2 is 1.67 bits per heavy atom. The zero-order valence-corrected chi connectivity index (χ0v) is 11.3. The molecule has 1 aromatic carbocycles. The van der Waals surface area contributed by atoms with Gasteiger partial charge in [0.05, 0.1) is 12.2 Å². The molecular weight excluding hydrogens is 224 g/mol. The molecule has 2 unspecified atom stereocenters. The summed E-state index contributed by atoms with van der Waals surface area (Å²) < 4.78 is 12.0. The molecule has 0 N–H and O–H groups in total. The molecule has 1 aliphatic rings. The number of hydrogen-bond acceptors (Lipinski definition) is 2. The van der Waals surface area contributed by atoms with Crippen LogP contribution in [0, 0.1) is 0 Å². The van der Waals surface area contributed by atoms with Crippen molar-refractivity contribution in [2.75, 3.05) is 0 Å². The highest BCUT2D eigenvalue weighted by Crippen LogP contribution is 2.32. The van der Waals surface area contributed by atoms with E-state index < -0.39 is 0 Å². The largest absolute Gasteiger partial charge is 0.345 e. The Labute approximate surface area is 110 Å². The zero-order chi connectivity index (χ0) is 13.0. The summed E-state index contributed by atoms with van der Waals surface area (Å²) in [4.78, 5) is 0. The fraction of sp³-hybridized carbons (Fsp3) is 0.500. The molecule has 1 fully saturated rings. The molecule has 0 spiro atoms. The lowest BCUT2D eigenvalue weighted by Gasteiger charge is -2.35. The lowest BCUT2D eigenvalue weighted by atomic mass is 10.0. The van der Waals surface area contributed by atoms with E-state index in [4.69, 9.17) is 9.47 Å². The summed E-state index contributed by atoms with van der Waals surface area (Å²) in [6.45, 7) is 8.10. The van der Waals surface area contributed by atoms with Gasteiger partial charge in [0.2, 0.25) is 0 Å². The average molecular weight is 246 g/mol. The van der Waals surface area contributed by atoms with E-state index in [9.17, 15) is 0 Å². The number of hydrogen-bond donors (Lipinski definition) is 0. The molecule has 0 amide bonds. The molecule has 1 heterocycles. The van der Waals surface area contributed by atoms with Gasteiger partial charge < -0.3 is 9.47 Å². The summed E-state index contributed by atoms with van der Waals surface area (Å²) in [5.41, 5.74) is 2.21. The summed E-state index contributed by atoms with van der Waals surface area (Å²) in [6.07, 6.45) is 5.35. The molecule has 18 heavy (non-hydrogen) atoms. The van der Waals surface area contributed by atoms with E-state index in [-0.39, 0.29) is 6.29 Å². The Balaban J connectivity index is 2.12. The fourth-order valence-corrected chi connectivity index (χ4v) is 2.26. The van der Waals surface area contributed by atoms with Crippen LogP contribution in [0.3, 0.4) is 0 Å². The Bertz CT molecular complexity index is 371. The highest BCUT2D eigenvalue weighted by atomic mass is 16.7. The first-order valence-corrected chi connectivity index (χ1v) is 6.80. The van der Waals surface area contributed by atoms with Gasteiger partial charge in [0, 0.05) is 12.0 Å². The van der Waals surface area contributed by atoms with Crippen LogP contribution in [0.4, 0.5) is 0 Å². The molecule has 1 aromatic rings. The second-order valence-corrected chi connectivity index (χ2v) is 4.77. The third-order valence-electron chi connectivity index (χ3n) is 3.51. The molecule has 2 heteroatoms. The van der Waals surface area contributed by atoms with Crippen molar-refractivity contribution in [3.05, 3.63) is 42.0 Å². The minimum absolute atomic E-state index is 0.215. The smallest absolute Gasteiger partial charge is 0.184 e. The summed E-state index contributed by atoms with van der Waals surface area (Å²) in [5, 5.41) is 0. The first-order chi connectivity index (χ1) is 8.76. The SMILES string of the molecule is C=Cc1ccc(C2OC(CC)CC(CC)O2)cc1. The van der Waals surface area contributed by atoms with Crippen molar-refractivity contribution in [3.63, 3.8) is 0 Å². The van der Waals surface area contributed by atoms with Gasteiger partial charge in [0.25, 0.3) is 0 Å². The molecule has 0 bridgehead atoms. The highest BCUT2D eigenvalue weighted by molar-refractivity contribution is 5.47. The van der Waals surface area contributed by atoms with E-state index in [2.05, 4.69) is 32.6 Å². The maximum Gasteiger partial charge on any atom is 0.184 e. The normalized spacial score (nSPS) is 28.0. The Hall–Kier alpha value is -1.12. The predicted molar refractivity (Wildman–Crippen MR) is 74.2 cm³/mol. The molecule has 0 aliphatic carbocycles. The monoisotopic (exact) mass is 246 g/mol. The van der Waals surface area contributed by atoms with Gasteiger partial charge in [-0.25, -0.2) is 0 Å². The lowest BCUT2D eigenvalue weighted by Crippen LogP contribution is -2.33. The summed E-state index contributed by atoms with van der Waals surface area (Å²) in [7, 11) is 0. The van der Waals surface area contributed by atoms with Crippen LogP contribution in [0.5, 0.6) is 0 Å². The first-order valence-electron chi connectivity index (χ1n) is 6.80. The quantitative estimate of drug-likeness (QED) is 0.787. The molecule has 2 nitrogen and oxygen atoms in total. The van der Waals surface area contributed by atoms with Gasteiger partial charge in [0.15, 0.2) is 6.29 Å². The van der Waals surface area contributed by atoms with E-state index in [0.717, 1.165) is 30.4 Å². The van der Waals surface area contributed by atoms with Crippen LogP contribution in [-0.4, -0.2) is 12.2 Å². The molecule has 98 valence electrons. The van der Waals surface area contributed by atoms with Gasteiger partial charge in [-0.1, -0.05) is 50.8 Å². The van der Waals surface area contributed by atoms with Crippen molar-refractivity contribution >= 4 is 6.08 Å². The van der Waals surface area contributed by atoms with Gasteiger partial charge in [-0.05, 0) is 18.4 Å². The standard InChI is InChI=1S/C16H22O2/c1-4-12-7-9-13(10-8-12)16-17-14(5-2)11-15(6-3)18-16/h4,7-10,14-16H,1,5-6,11H2,2-3H3. The molecule has 0 saturated carbocycles. The third kappa shape index (κ3) is 3.01. The van der Waals surface area contributed by atoms with Crippen LogP contribution in [0.1, 0.15) is 50.5 Å². The minimum Gasteiger partial charge on any atom is -0.345 e. The Morgan fingerprint density at radius 3 is 2.11 bits per heavy atom. The molecular formula is C16H22O2. The Morgan fingerprint density at radius 1 is 1.11 bits per heavy atom. The van der Waals surface area contributed by atoms with Crippen molar-refractivity contribution in [2.45, 2.75) is 51.6 Å². The van der Waals surface area contributed by atoms with E-state index in [1.54, 1.807) is 0 Å². The maximum absolute atomic E-state index is 5.98. The van der Waals surface area contributed by atoms with Crippen molar-refractivity contribution < 1.29 is 9.47 Å².